The number of nitrogens with zero attached hydrogens (tertiary/aromatic N) is 2. The molecular weight excluding hydrogens is 964 g/mol. The molecule has 2 nitrogen and oxygen atoms in total. The number of aryl methyl sites for hydroxylation is 2. The lowest BCUT2D eigenvalue weighted by Gasteiger charge is -2.52. The van der Waals surface area contributed by atoms with E-state index in [2.05, 4.69) is 265 Å². The first-order chi connectivity index (χ1) is 38.8. The SMILES string of the molecule is CCCCc1ccc(N2c3cc4c(cc3B3c5c(cc(-c6ccccc6C)cc52)-c2cccc5c2N3c2ccccc2C52c3ccccc3-c3ccccc32)C(C)(C)c2cc3c(cc2-4)C(C)(C)CCC3(C)C)c(-c2ccccc2)c1. The molecule has 16 rings (SSSR count). The summed E-state index contributed by atoms with van der Waals surface area (Å²) in [5, 5.41) is 0. The monoisotopic (exact) mass is 1030 g/mol. The topological polar surface area (TPSA) is 6.48 Å². The van der Waals surface area contributed by atoms with Gasteiger partial charge in [0.15, 0.2) is 0 Å². The highest BCUT2D eigenvalue weighted by molar-refractivity contribution is 6.94. The number of benzene rings is 10. The average Bonchev–Trinajstić information content (AvgIpc) is 3.70. The second kappa shape index (κ2) is 16.7. The molecule has 10 aromatic rings. The summed E-state index contributed by atoms with van der Waals surface area (Å²) >= 11 is 0. The normalized spacial score (nSPS) is 16.9. The highest BCUT2D eigenvalue weighted by atomic mass is 15.2. The van der Waals surface area contributed by atoms with Crippen LogP contribution < -0.4 is 20.6 Å². The van der Waals surface area contributed by atoms with E-state index in [-0.39, 0.29) is 23.1 Å². The predicted octanol–water partition coefficient (Wildman–Crippen LogP) is 18.7. The van der Waals surface area contributed by atoms with Crippen molar-refractivity contribution in [2.45, 2.75) is 109 Å². The fraction of sp³-hybridized carbons (Fsp3) is 0.221. The Labute approximate surface area is 473 Å². The Morgan fingerprint density at radius 2 is 1.02 bits per heavy atom. The van der Waals surface area contributed by atoms with Gasteiger partial charge >= 0.3 is 6.85 Å². The lowest BCUT2D eigenvalue weighted by Crippen LogP contribution is -2.63. The highest BCUT2D eigenvalue weighted by Crippen LogP contribution is 2.66. The number of anilines is 5. The first-order valence-corrected chi connectivity index (χ1v) is 29.6. The van der Waals surface area contributed by atoms with Crippen molar-refractivity contribution >= 4 is 46.2 Å². The molecule has 3 heteroatoms. The van der Waals surface area contributed by atoms with Crippen LogP contribution >= 0.6 is 0 Å². The van der Waals surface area contributed by atoms with E-state index >= 15 is 0 Å². The van der Waals surface area contributed by atoms with Crippen molar-refractivity contribution in [1.82, 2.24) is 0 Å². The molecule has 3 heterocycles. The third-order valence-corrected chi connectivity index (χ3v) is 20.4. The van der Waals surface area contributed by atoms with Gasteiger partial charge in [0.05, 0.1) is 11.1 Å². The molecule has 0 N–H and O–H groups in total. The van der Waals surface area contributed by atoms with Crippen molar-refractivity contribution in [3.05, 3.63) is 256 Å². The summed E-state index contributed by atoms with van der Waals surface area (Å²) in [5.74, 6) is 0. The molecule has 1 spiro atoms. The lowest BCUT2D eigenvalue weighted by molar-refractivity contribution is 0.331. The van der Waals surface area contributed by atoms with Crippen molar-refractivity contribution in [2.75, 3.05) is 9.71 Å². The van der Waals surface area contributed by atoms with Crippen LogP contribution in [0.1, 0.15) is 130 Å². The summed E-state index contributed by atoms with van der Waals surface area (Å²) in [6.07, 6.45) is 5.73. The second-order valence-electron chi connectivity index (χ2n) is 26.1. The van der Waals surface area contributed by atoms with Crippen LogP contribution in [0.5, 0.6) is 0 Å². The van der Waals surface area contributed by atoms with Gasteiger partial charge in [0.2, 0.25) is 0 Å². The minimum Gasteiger partial charge on any atom is -0.376 e. The van der Waals surface area contributed by atoms with Gasteiger partial charge in [0, 0.05) is 39.3 Å². The van der Waals surface area contributed by atoms with E-state index in [1.165, 1.54) is 163 Å². The Morgan fingerprint density at radius 1 is 0.412 bits per heavy atom. The van der Waals surface area contributed by atoms with Gasteiger partial charge in [0.1, 0.15) is 0 Å². The molecule has 10 aromatic carbocycles. The number of hydrogen-bond acceptors (Lipinski definition) is 2. The highest BCUT2D eigenvalue weighted by Gasteiger charge is 2.57. The second-order valence-corrected chi connectivity index (χ2v) is 26.1. The van der Waals surface area contributed by atoms with E-state index in [1.807, 2.05) is 0 Å². The van der Waals surface area contributed by atoms with Gasteiger partial charge in [-0.1, -0.05) is 213 Å². The summed E-state index contributed by atoms with van der Waals surface area (Å²) in [6.45, 7) is 19.4. The molecule has 80 heavy (non-hydrogen) atoms. The zero-order valence-corrected chi connectivity index (χ0v) is 47.6. The van der Waals surface area contributed by atoms with Gasteiger partial charge < -0.3 is 9.71 Å². The van der Waals surface area contributed by atoms with Crippen LogP contribution in [-0.4, -0.2) is 6.85 Å². The van der Waals surface area contributed by atoms with Crippen LogP contribution in [-0.2, 0) is 28.1 Å². The molecular formula is C77H67BN2. The zero-order valence-electron chi connectivity index (χ0n) is 47.6. The van der Waals surface area contributed by atoms with Crippen LogP contribution in [0.3, 0.4) is 0 Å². The Kier molecular flexibility index (Phi) is 9.99. The van der Waals surface area contributed by atoms with E-state index in [0.29, 0.717) is 0 Å². The van der Waals surface area contributed by atoms with Crippen LogP contribution in [0.4, 0.5) is 28.4 Å². The first kappa shape index (κ1) is 47.8. The predicted molar refractivity (Wildman–Crippen MR) is 338 cm³/mol. The minimum absolute atomic E-state index is 0.0744. The molecule has 388 valence electrons. The summed E-state index contributed by atoms with van der Waals surface area (Å²) in [6, 6.07) is 78.8. The van der Waals surface area contributed by atoms with Gasteiger partial charge in [-0.25, -0.2) is 0 Å². The molecule has 0 fully saturated rings. The van der Waals surface area contributed by atoms with E-state index in [0.717, 1.165) is 19.3 Å². The number of hydrogen-bond donors (Lipinski definition) is 0. The minimum atomic E-state index is -0.532. The van der Waals surface area contributed by atoms with Crippen molar-refractivity contribution < 1.29 is 0 Å². The van der Waals surface area contributed by atoms with Crippen LogP contribution in [0.25, 0.3) is 55.6 Å². The number of rotatable bonds is 6. The van der Waals surface area contributed by atoms with Gasteiger partial charge in [-0.2, -0.15) is 0 Å². The summed E-state index contributed by atoms with van der Waals surface area (Å²) in [5.41, 5.74) is 35.4. The molecule has 0 amide bonds. The molecule has 6 aliphatic rings. The van der Waals surface area contributed by atoms with E-state index in [9.17, 15) is 0 Å². The summed E-state index contributed by atoms with van der Waals surface area (Å²) < 4.78 is 0. The van der Waals surface area contributed by atoms with Crippen LogP contribution in [0.2, 0.25) is 0 Å². The standard InChI is InChI=1S/C77H67BN2/c1-9-10-24-48-36-37-68(55(40-48)49-25-12-11-13-26-49)79-70-44-57-56-43-65-66(75(5,6)39-38-74(65,3)4)45-63(56)76(7,8)64(57)46-67(70)78-72-58(41-50(42-71(72)79)51-27-15-14-23-47(51)2)54-30-22-34-62-73(54)80(78)69-35-21-20-33-61(69)77(62)59-31-18-16-28-52(59)53-29-17-19-32-60(53)77/h11-23,25-37,40-46H,9-10,24,38-39H2,1-8H3. The summed E-state index contributed by atoms with van der Waals surface area (Å²) in [4.78, 5) is 5.55. The van der Waals surface area contributed by atoms with Crippen molar-refractivity contribution in [1.29, 1.82) is 0 Å². The summed E-state index contributed by atoms with van der Waals surface area (Å²) in [7, 11) is 0. The number of para-hydroxylation sites is 2. The number of fused-ring (bicyclic) bond motifs is 17. The lowest BCUT2D eigenvalue weighted by atomic mass is 9.42. The third kappa shape index (κ3) is 6.27. The maximum absolute atomic E-state index is 2.82. The molecule has 0 atom stereocenters. The molecule has 0 saturated heterocycles. The smallest absolute Gasteiger partial charge is 0.333 e. The molecule has 0 bridgehead atoms. The van der Waals surface area contributed by atoms with Crippen molar-refractivity contribution in [3.63, 3.8) is 0 Å². The average molecular weight is 1030 g/mol. The Bertz CT molecular complexity index is 4260. The number of unbranched alkanes of at least 4 members (excludes halogenated alkanes) is 1. The molecule has 0 saturated carbocycles. The largest absolute Gasteiger partial charge is 0.376 e. The molecule has 3 aliphatic heterocycles. The quantitative estimate of drug-likeness (QED) is 0.153. The Morgan fingerprint density at radius 3 is 1.75 bits per heavy atom. The molecule has 0 unspecified atom stereocenters. The van der Waals surface area contributed by atoms with Gasteiger partial charge in [-0.3, -0.25) is 0 Å². The molecule has 3 aliphatic carbocycles. The van der Waals surface area contributed by atoms with Crippen LogP contribution in [0, 0.1) is 6.92 Å². The van der Waals surface area contributed by atoms with Crippen LogP contribution in [0.15, 0.2) is 200 Å². The van der Waals surface area contributed by atoms with Gasteiger partial charge in [-0.15, -0.1) is 0 Å². The van der Waals surface area contributed by atoms with E-state index in [1.54, 1.807) is 0 Å². The third-order valence-electron chi connectivity index (χ3n) is 20.4. The van der Waals surface area contributed by atoms with Gasteiger partial charge in [-0.05, 0) is 197 Å². The van der Waals surface area contributed by atoms with Crippen molar-refractivity contribution in [3.8, 4) is 55.6 Å². The molecule has 0 aromatic heterocycles. The van der Waals surface area contributed by atoms with Crippen molar-refractivity contribution in [2.24, 2.45) is 0 Å². The zero-order chi connectivity index (χ0) is 54.2. The van der Waals surface area contributed by atoms with E-state index in [4.69, 9.17) is 0 Å². The fourth-order valence-electron chi connectivity index (χ4n) is 16.3. The first-order valence-electron chi connectivity index (χ1n) is 29.6. The Balaban J connectivity index is 1.06. The maximum Gasteiger partial charge on any atom is 0.333 e. The van der Waals surface area contributed by atoms with E-state index < -0.39 is 5.41 Å². The Hall–Kier alpha value is -8.14. The fourth-order valence-corrected chi connectivity index (χ4v) is 16.3. The maximum atomic E-state index is 2.82. The molecule has 0 radical (unpaired) electrons. The van der Waals surface area contributed by atoms with Gasteiger partial charge in [0.25, 0.3) is 0 Å².